The molecule has 2 aromatic carbocycles. The third kappa shape index (κ3) is 6.47. The van der Waals surface area contributed by atoms with Gasteiger partial charge in [-0.1, -0.05) is 24.3 Å². The van der Waals surface area contributed by atoms with E-state index in [0.717, 1.165) is 18.2 Å². The number of nitrogens with one attached hydrogen (secondary N) is 2. The molecule has 0 saturated carbocycles. The van der Waals surface area contributed by atoms with Crippen LogP contribution in [0.1, 0.15) is 18.4 Å². The largest absolute Gasteiger partial charge is 0.416 e. The molecule has 1 saturated heterocycles. The third-order valence-corrected chi connectivity index (χ3v) is 5.03. The number of alkyl halides is 3. The second-order valence-corrected chi connectivity index (χ2v) is 7.35. The molecule has 0 atom stereocenters. The zero-order valence-corrected chi connectivity index (χ0v) is 17.0. The minimum Gasteiger partial charge on any atom is -0.410 e. The molecule has 7 nitrogen and oxygen atoms in total. The molecule has 1 aliphatic rings. The number of ether oxygens (including phenoxy) is 1. The van der Waals surface area contributed by atoms with Crippen molar-refractivity contribution >= 4 is 23.6 Å². The van der Waals surface area contributed by atoms with E-state index in [-0.39, 0.29) is 18.2 Å². The molecule has 170 valence electrons. The van der Waals surface area contributed by atoms with Crippen LogP contribution in [0.2, 0.25) is 0 Å². The Morgan fingerprint density at radius 3 is 2.31 bits per heavy atom. The van der Waals surface area contributed by atoms with Crippen molar-refractivity contribution < 1.29 is 32.3 Å². The van der Waals surface area contributed by atoms with Crippen LogP contribution < -0.4 is 15.4 Å². The summed E-state index contributed by atoms with van der Waals surface area (Å²) in [6.07, 6.45) is -3.77. The molecule has 3 amide bonds. The maximum atomic E-state index is 12.8. The average molecular weight is 449 g/mol. The molecule has 32 heavy (non-hydrogen) atoms. The summed E-state index contributed by atoms with van der Waals surface area (Å²) in [5.41, 5.74) is -1.04. The molecule has 1 fully saturated rings. The monoisotopic (exact) mass is 449 g/mol. The Balaban J connectivity index is 1.41. The van der Waals surface area contributed by atoms with Crippen molar-refractivity contribution in [3.63, 3.8) is 0 Å². The molecule has 0 radical (unpaired) electrons. The van der Waals surface area contributed by atoms with Gasteiger partial charge in [-0.05, 0) is 49.1 Å². The predicted octanol–water partition coefficient (Wildman–Crippen LogP) is 3.67. The molecule has 0 bridgehead atoms. The van der Waals surface area contributed by atoms with E-state index in [0.29, 0.717) is 31.7 Å². The van der Waals surface area contributed by atoms with Crippen molar-refractivity contribution in [2.45, 2.75) is 19.0 Å². The summed E-state index contributed by atoms with van der Waals surface area (Å²) in [5.74, 6) is -1.47. The van der Waals surface area contributed by atoms with Crippen molar-refractivity contribution in [1.82, 2.24) is 10.2 Å². The van der Waals surface area contributed by atoms with Gasteiger partial charge in [0.05, 0.1) is 5.56 Å². The minimum absolute atomic E-state index is 0.0566. The Morgan fingerprint density at radius 1 is 0.969 bits per heavy atom. The molecule has 10 heteroatoms. The maximum absolute atomic E-state index is 12.8. The first-order valence-corrected chi connectivity index (χ1v) is 10.0. The number of para-hydroxylation sites is 1. The number of amides is 3. The molecule has 2 N–H and O–H groups in total. The fourth-order valence-electron chi connectivity index (χ4n) is 3.25. The molecule has 0 aromatic heterocycles. The number of halogens is 3. The van der Waals surface area contributed by atoms with Crippen molar-refractivity contribution in [2.75, 3.05) is 25.0 Å². The summed E-state index contributed by atoms with van der Waals surface area (Å²) in [4.78, 5) is 37.8. The van der Waals surface area contributed by atoms with E-state index in [1.807, 2.05) is 6.07 Å². The number of benzene rings is 2. The lowest BCUT2D eigenvalue weighted by Crippen LogP contribution is -2.44. The fourth-order valence-corrected chi connectivity index (χ4v) is 3.25. The molecule has 0 unspecified atom stereocenters. The normalized spacial score (nSPS) is 14.5. The van der Waals surface area contributed by atoms with Gasteiger partial charge in [0.1, 0.15) is 5.75 Å². The lowest BCUT2D eigenvalue weighted by Gasteiger charge is -2.31. The highest BCUT2D eigenvalue weighted by Crippen LogP contribution is 2.30. The summed E-state index contributed by atoms with van der Waals surface area (Å²) < 4.78 is 43.6. The number of likely N-dealkylation sites (tertiary alicyclic amines) is 1. The van der Waals surface area contributed by atoms with Gasteiger partial charge in [-0.3, -0.25) is 9.59 Å². The van der Waals surface area contributed by atoms with E-state index >= 15 is 0 Å². The van der Waals surface area contributed by atoms with Gasteiger partial charge in [-0.15, -0.1) is 0 Å². The Morgan fingerprint density at radius 2 is 1.66 bits per heavy atom. The van der Waals surface area contributed by atoms with Gasteiger partial charge in [-0.2, -0.15) is 13.2 Å². The van der Waals surface area contributed by atoms with Crippen molar-refractivity contribution in [1.29, 1.82) is 0 Å². The number of anilines is 1. The van der Waals surface area contributed by atoms with Gasteiger partial charge >= 0.3 is 24.1 Å². The lowest BCUT2D eigenvalue weighted by molar-refractivity contribution is -0.137. The maximum Gasteiger partial charge on any atom is 0.416 e. The van der Waals surface area contributed by atoms with Crippen LogP contribution in [0.15, 0.2) is 54.6 Å². The van der Waals surface area contributed by atoms with Crippen molar-refractivity contribution in [3.8, 4) is 5.75 Å². The molecular formula is C22H22F3N3O4. The number of nitrogens with zero attached hydrogens (tertiary/aromatic N) is 1. The summed E-state index contributed by atoms with van der Waals surface area (Å²) in [6, 6.07) is 12.8. The summed E-state index contributed by atoms with van der Waals surface area (Å²) in [6.45, 7) is 1.11. The lowest BCUT2D eigenvalue weighted by atomic mass is 9.97. The van der Waals surface area contributed by atoms with Gasteiger partial charge in [-0.25, -0.2) is 4.79 Å². The van der Waals surface area contributed by atoms with Gasteiger partial charge in [0.2, 0.25) is 0 Å². The molecular weight excluding hydrogens is 427 g/mol. The molecule has 3 rings (SSSR count). The number of carbonyl (C=O) groups excluding carboxylic acids is 3. The first-order chi connectivity index (χ1) is 15.2. The summed E-state index contributed by atoms with van der Waals surface area (Å²) in [7, 11) is 0. The molecule has 0 spiro atoms. The van der Waals surface area contributed by atoms with E-state index in [1.54, 1.807) is 29.2 Å². The summed E-state index contributed by atoms with van der Waals surface area (Å²) in [5, 5.41) is 4.66. The molecule has 2 aromatic rings. The predicted molar refractivity (Wildman–Crippen MR) is 110 cm³/mol. The van der Waals surface area contributed by atoms with Crippen LogP contribution in [-0.4, -0.2) is 42.4 Å². The van der Waals surface area contributed by atoms with Crippen molar-refractivity contribution in [3.05, 3.63) is 60.2 Å². The van der Waals surface area contributed by atoms with E-state index in [2.05, 4.69) is 10.6 Å². The first kappa shape index (κ1) is 23.1. The topological polar surface area (TPSA) is 87.7 Å². The zero-order valence-electron chi connectivity index (χ0n) is 17.0. The van der Waals surface area contributed by atoms with E-state index < -0.39 is 29.6 Å². The quantitative estimate of drug-likeness (QED) is 0.698. The van der Waals surface area contributed by atoms with Crippen LogP contribution >= 0.6 is 0 Å². The fraction of sp³-hybridized carbons (Fsp3) is 0.318. The van der Waals surface area contributed by atoms with E-state index in [9.17, 15) is 27.6 Å². The standard InChI is InChI=1S/C22H22F3N3O4/c23-22(24,25)16-5-4-6-17(13-16)27-20(30)19(29)26-14-15-9-11-28(12-10-15)21(31)32-18-7-2-1-3-8-18/h1-8,13,15H,9-12,14H2,(H,26,29)(H,27,30). The van der Waals surface area contributed by atoms with Crippen LogP contribution in [0.3, 0.4) is 0 Å². The zero-order chi connectivity index (χ0) is 23.1. The average Bonchev–Trinajstić information content (AvgIpc) is 2.78. The Kier molecular flexibility index (Phi) is 7.34. The SMILES string of the molecule is O=C(NCC1CCN(C(=O)Oc2ccccc2)CC1)C(=O)Nc1cccc(C(F)(F)F)c1. The highest BCUT2D eigenvalue weighted by molar-refractivity contribution is 6.39. The second-order valence-electron chi connectivity index (χ2n) is 7.35. The van der Waals surface area contributed by atoms with Gasteiger partial charge in [0, 0.05) is 25.3 Å². The third-order valence-electron chi connectivity index (χ3n) is 5.03. The smallest absolute Gasteiger partial charge is 0.410 e. The molecule has 0 aliphatic carbocycles. The van der Waals surface area contributed by atoms with E-state index in [4.69, 9.17) is 4.74 Å². The summed E-state index contributed by atoms with van der Waals surface area (Å²) >= 11 is 0. The number of piperidine rings is 1. The van der Waals surface area contributed by atoms with Crippen LogP contribution in [0.5, 0.6) is 5.75 Å². The van der Waals surface area contributed by atoms with Gasteiger partial charge in [0.25, 0.3) is 0 Å². The molecule has 1 heterocycles. The number of rotatable bonds is 4. The van der Waals surface area contributed by atoms with Crippen LogP contribution in [-0.2, 0) is 15.8 Å². The highest BCUT2D eigenvalue weighted by atomic mass is 19.4. The van der Waals surface area contributed by atoms with Gasteiger partial charge in [0.15, 0.2) is 0 Å². The van der Waals surface area contributed by atoms with Crippen molar-refractivity contribution in [2.24, 2.45) is 5.92 Å². The van der Waals surface area contributed by atoms with Crippen LogP contribution in [0.25, 0.3) is 0 Å². The Bertz CT molecular complexity index is 958. The Hall–Kier alpha value is -3.56. The highest BCUT2D eigenvalue weighted by Gasteiger charge is 2.31. The number of hydrogen-bond acceptors (Lipinski definition) is 4. The Labute approximate surface area is 182 Å². The minimum atomic E-state index is -4.55. The number of hydrogen-bond donors (Lipinski definition) is 2. The van der Waals surface area contributed by atoms with E-state index in [1.165, 1.54) is 6.07 Å². The van der Waals surface area contributed by atoms with Crippen LogP contribution in [0, 0.1) is 5.92 Å². The number of carbonyl (C=O) groups is 3. The van der Waals surface area contributed by atoms with Crippen LogP contribution in [0.4, 0.5) is 23.7 Å². The van der Waals surface area contributed by atoms with Gasteiger partial charge < -0.3 is 20.3 Å². The second kappa shape index (κ2) is 10.2. The first-order valence-electron chi connectivity index (χ1n) is 10.0. The molecule has 1 aliphatic heterocycles.